The summed E-state index contributed by atoms with van der Waals surface area (Å²) >= 11 is 0. The molecule has 34 heavy (non-hydrogen) atoms. The third-order valence-electron chi connectivity index (χ3n) is 7.62. The second-order valence-electron chi connectivity index (χ2n) is 10.2. The lowest BCUT2D eigenvalue weighted by atomic mass is 9.93. The van der Waals surface area contributed by atoms with Gasteiger partial charge in [-0.2, -0.15) is 4.98 Å². The molecule has 2 aromatic heterocycles. The van der Waals surface area contributed by atoms with E-state index >= 15 is 0 Å². The fourth-order valence-electron chi connectivity index (χ4n) is 5.56. The van der Waals surface area contributed by atoms with Crippen LogP contribution >= 0.6 is 0 Å². The molecule has 1 aromatic carbocycles. The summed E-state index contributed by atoms with van der Waals surface area (Å²) in [5.41, 5.74) is 4.59. The van der Waals surface area contributed by atoms with Crippen molar-refractivity contribution in [1.82, 2.24) is 14.5 Å². The number of nitrogens with one attached hydrogen (secondary N) is 2. The van der Waals surface area contributed by atoms with Crippen LogP contribution in [0.1, 0.15) is 83.6 Å². The Morgan fingerprint density at radius 1 is 1.00 bits per heavy atom. The van der Waals surface area contributed by atoms with E-state index in [0.29, 0.717) is 18.0 Å². The number of rotatable bonds is 8. The maximum absolute atomic E-state index is 10.0. The zero-order chi connectivity index (χ0) is 23.3. The van der Waals surface area contributed by atoms with Gasteiger partial charge in [-0.1, -0.05) is 44.7 Å². The summed E-state index contributed by atoms with van der Waals surface area (Å²) < 4.78 is 2.34. The van der Waals surface area contributed by atoms with Gasteiger partial charge in [-0.15, -0.1) is 0 Å². The molecule has 0 radical (unpaired) electrons. The number of nitrogens with zero attached hydrogens (tertiary/aromatic N) is 3. The number of unbranched alkanes of at least 4 members (excludes halogenated alkanes) is 1. The van der Waals surface area contributed by atoms with E-state index in [0.717, 1.165) is 56.1 Å². The minimum atomic E-state index is -0.164. The van der Waals surface area contributed by atoms with Gasteiger partial charge in [-0.25, -0.2) is 4.98 Å². The van der Waals surface area contributed by atoms with Crippen LogP contribution in [0.5, 0.6) is 0 Å². The minimum Gasteiger partial charge on any atom is -0.393 e. The highest BCUT2D eigenvalue weighted by molar-refractivity contribution is 5.94. The SMILES string of the molecule is CCCCNc1ncc2c(-c3ccc(NC4CCCCC4)cc3)cn([C@H]3CC[C@H](O)CC3)c2n1. The van der Waals surface area contributed by atoms with Crippen LogP contribution in [0.3, 0.4) is 0 Å². The van der Waals surface area contributed by atoms with Gasteiger partial charge in [0.25, 0.3) is 0 Å². The molecule has 0 spiro atoms. The number of fused-ring (bicyclic) bond motifs is 1. The molecule has 0 aliphatic heterocycles. The van der Waals surface area contributed by atoms with E-state index in [1.807, 2.05) is 6.20 Å². The molecule has 5 rings (SSSR count). The Bertz CT molecular complexity index is 1060. The van der Waals surface area contributed by atoms with E-state index in [-0.39, 0.29) is 6.10 Å². The second kappa shape index (κ2) is 10.8. The summed E-state index contributed by atoms with van der Waals surface area (Å²) in [4.78, 5) is 9.59. The molecule has 3 aromatic rings. The van der Waals surface area contributed by atoms with Crippen molar-refractivity contribution in [1.29, 1.82) is 0 Å². The second-order valence-corrected chi connectivity index (χ2v) is 10.2. The van der Waals surface area contributed by atoms with Crippen LogP contribution < -0.4 is 10.6 Å². The number of aliphatic hydroxyl groups excluding tert-OH is 1. The van der Waals surface area contributed by atoms with Crippen molar-refractivity contribution in [2.75, 3.05) is 17.2 Å². The number of anilines is 2. The fourth-order valence-corrected chi connectivity index (χ4v) is 5.56. The van der Waals surface area contributed by atoms with Crippen LogP contribution in [0.2, 0.25) is 0 Å². The molecule has 0 saturated heterocycles. The molecule has 2 fully saturated rings. The van der Waals surface area contributed by atoms with Crippen molar-refractivity contribution >= 4 is 22.7 Å². The molecule has 3 N–H and O–H groups in total. The molecule has 2 aliphatic rings. The zero-order valence-corrected chi connectivity index (χ0v) is 20.5. The highest BCUT2D eigenvalue weighted by Crippen LogP contribution is 2.37. The lowest BCUT2D eigenvalue weighted by molar-refractivity contribution is 0.111. The molecule has 0 unspecified atom stereocenters. The fraction of sp³-hybridized carbons (Fsp3) is 0.571. The molecule has 0 atom stereocenters. The third-order valence-corrected chi connectivity index (χ3v) is 7.62. The highest BCUT2D eigenvalue weighted by atomic mass is 16.3. The van der Waals surface area contributed by atoms with Crippen LogP contribution in [0.15, 0.2) is 36.7 Å². The molecule has 2 aliphatic carbocycles. The quantitative estimate of drug-likeness (QED) is 0.333. The maximum Gasteiger partial charge on any atom is 0.224 e. The predicted molar refractivity (Wildman–Crippen MR) is 140 cm³/mol. The van der Waals surface area contributed by atoms with Crippen LogP contribution in [-0.4, -0.2) is 38.3 Å². The van der Waals surface area contributed by atoms with Gasteiger partial charge >= 0.3 is 0 Å². The Labute approximate surface area is 203 Å². The third kappa shape index (κ3) is 5.22. The topological polar surface area (TPSA) is 75.0 Å². The van der Waals surface area contributed by atoms with E-state index in [4.69, 9.17) is 4.98 Å². The van der Waals surface area contributed by atoms with Gasteiger partial charge in [0, 0.05) is 47.7 Å². The molecular formula is C28H39N5O. The Balaban J connectivity index is 1.43. The average Bonchev–Trinajstić information content (AvgIpc) is 3.25. The van der Waals surface area contributed by atoms with Crippen molar-refractivity contribution in [2.45, 2.75) is 95.7 Å². The van der Waals surface area contributed by atoms with Crippen LogP contribution in [0.4, 0.5) is 11.6 Å². The van der Waals surface area contributed by atoms with Gasteiger partial charge in [-0.3, -0.25) is 0 Å². The maximum atomic E-state index is 10.0. The van der Waals surface area contributed by atoms with E-state index < -0.39 is 0 Å². The van der Waals surface area contributed by atoms with Crippen molar-refractivity contribution < 1.29 is 5.11 Å². The largest absolute Gasteiger partial charge is 0.393 e. The molecule has 6 nitrogen and oxygen atoms in total. The number of hydrogen-bond acceptors (Lipinski definition) is 5. The smallest absolute Gasteiger partial charge is 0.224 e. The lowest BCUT2D eigenvalue weighted by Gasteiger charge is -2.27. The minimum absolute atomic E-state index is 0.164. The molecule has 0 bridgehead atoms. The number of hydrogen-bond donors (Lipinski definition) is 3. The normalized spacial score (nSPS) is 21.6. The zero-order valence-electron chi connectivity index (χ0n) is 20.5. The van der Waals surface area contributed by atoms with Gasteiger partial charge in [-0.05, 0) is 62.6 Å². The molecule has 2 saturated carbocycles. The summed E-state index contributed by atoms with van der Waals surface area (Å²) in [6, 6.07) is 9.85. The van der Waals surface area contributed by atoms with Gasteiger partial charge in [0.05, 0.1) is 6.10 Å². The van der Waals surface area contributed by atoms with Crippen molar-refractivity contribution in [2.24, 2.45) is 0 Å². The average molecular weight is 462 g/mol. The van der Waals surface area contributed by atoms with E-state index in [1.165, 1.54) is 48.9 Å². The van der Waals surface area contributed by atoms with Crippen molar-refractivity contribution in [3.8, 4) is 11.1 Å². The molecular weight excluding hydrogens is 422 g/mol. The Morgan fingerprint density at radius 3 is 2.50 bits per heavy atom. The standard InChI is InChI=1S/C28H39N5O/c1-2-3-17-29-28-30-18-25-26(19-33(27(25)32-28)23-13-15-24(34)16-14-23)20-9-11-22(12-10-20)31-21-7-5-4-6-8-21/h9-12,18-19,21,23-24,31,34H,2-8,13-17H2,1H3,(H,29,30,32)/t23-,24-. The summed E-state index contributed by atoms with van der Waals surface area (Å²) in [6.07, 6.45) is 16.6. The molecule has 6 heteroatoms. The van der Waals surface area contributed by atoms with Crippen molar-refractivity contribution in [3.63, 3.8) is 0 Å². The van der Waals surface area contributed by atoms with E-state index in [9.17, 15) is 5.11 Å². The van der Waals surface area contributed by atoms with E-state index in [1.54, 1.807) is 0 Å². The first-order valence-electron chi connectivity index (χ1n) is 13.4. The van der Waals surface area contributed by atoms with Gasteiger partial charge in [0.2, 0.25) is 5.95 Å². The Kier molecular flexibility index (Phi) is 7.33. The highest BCUT2D eigenvalue weighted by Gasteiger charge is 2.24. The molecule has 0 amide bonds. The Morgan fingerprint density at radius 2 is 1.76 bits per heavy atom. The van der Waals surface area contributed by atoms with Gasteiger partial charge in [0.1, 0.15) is 5.65 Å². The first-order valence-corrected chi connectivity index (χ1v) is 13.4. The summed E-state index contributed by atoms with van der Waals surface area (Å²) in [7, 11) is 0. The summed E-state index contributed by atoms with van der Waals surface area (Å²) in [5, 5.41) is 18.2. The predicted octanol–water partition coefficient (Wildman–Crippen LogP) is 6.53. The summed E-state index contributed by atoms with van der Waals surface area (Å²) in [6.45, 7) is 3.08. The Hall–Kier alpha value is -2.60. The van der Waals surface area contributed by atoms with Gasteiger partial charge in [0.15, 0.2) is 0 Å². The van der Waals surface area contributed by atoms with E-state index in [2.05, 4.69) is 57.6 Å². The lowest BCUT2D eigenvalue weighted by Crippen LogP contribution is -2.22. The van der Waals surface area contributed by atoms with Crippen LogP contribution in [-0.2, 0) is 0 Å². The number of aliphatic hydroxyl groups is 1. The van der Waals surface area contributed by atoms with Crippen LogP contribution in [0, 0.1) is 0 Å². The molecule has 2 heterocycles. The first kappa shape index (κ1) is 23.2. The van der Waals surface area contributed by atoms with Crippen molar-refractivity contribution in [3.05, 3.63) is 36.7 Å². The van der Waals surface area contributed by atoms with Crippen LogP contribution in [0.25, 0.3) is 22.2 Å². The number of aromatic nitrogens is 3. The monoisotopic (exact) mass is 461 g/mol. The first-order chi connectivity index (χ1) is 16.7. The summed E-state index contributed by atoms with van der Waals surface area (Å²) in [5.74, 6) is 0.703. The number of benzene rings is 1. The van der Waals surface area contributed by atoms with Gasteiger partial charge < -0.3 is 20.3 Å². The molecule has 182 valence electrons.